The van der Waals surface area contributed by atoms with Gasteiger partial charge in [-0.15, -0.1) is 0 Å². The normalized spacial score (nSPS) is 17.1. The fraction of sp³-hybridized carbons (Fsp3) is 0.455. The van der Waals surface area contributed by atoms with Crippen molar-refractivity contribution in [2.24, 2.45) is 5.92 Å². The first kappa shape index (κ1) is 9.96. The lowest BCUT2D eigenvalue weighted by atomic mass is 10.2. The number of ether oxygens (including phenoxy) is 1. The number of nitrogens with zero attached hydrogens (tertiary/aromatic N) is 1. The summed E-state index contributed by atoms with van der Waals surface area (Å²) in [6, 6.07) is 3.49. The fourth-order valence-electron chi connectivity index (χ4n) is 1.48. The van der Waals surface area contributed by atoms with Crippen molar-refractivity contribution in [3.63, 3.8) is 0 Å². The quantitative estimate of drug-likeness (QED) is 0.815. The highest BCUT2D eigenvalue weighted by Crippen LogP contribution is 2.35. The lowest BCUT2D eigenvalue weighted by Gasteiger charge is -2.15. The molecule has 0 aromatic carbocycles. The Bertz CT molecular complexity index is 374. The van der Waals surface area contributed by atoms with Gasteiger partial charge in [0, 0.05) is 12.1 Å². The SMILES string of the molecule is Cc1ncccc1OC(C(=O)O)C1CC1. The number of carboxylic acid groups (broad SMARTS) is 1. The minimum atomic E-state index is -0.888. The van der Waals surface area contributed by atoms with E-state index in [1.165, 1.54) is 0 Å². The van der Waals surface area contributed by atoms with Crippen LogP contribution in [0, 0.1) is 12.8 Å². The van der Waals surface area contributed by atoms with E-state index >= 15 is 0 Å². The largest absolute Gasteiger partial charge is 0.478 e. The van der Waals surface area contributed by atoms with E-state index in [-0.39, 0.29) is 5.92 Å². The summed E-state index contributed by atoms with van der Waals surface area (Å²) in [5, 5.41) is 8.99. The fourth-order valence-corrected chi connectivity index (χ4v) is 1.48. The molecule has 0 bridgehead atoms. The zero-order valence-electron chi connectivity index (χ0n) is 8.51. The number of hydrogen-bond donors (Lipinski definition) is 1. The average molecular weight is 207 g/mol. The maximum absolute atomic E-state index is 11.0. The molecule has 0 radical (unpaired) electrons. The molecule has 1 aromatic heterocycles. The van der Waals surface area contributed by atoms with Gasteiger partial charge >= 0.3 is 5.97 Å². The molecule has 80 valence electrons. The maximum Gasteiger partial charge on any atom is 0.345 e. The number of aryl methyl sites for hydroxylation is 1. The molecule has 0 saturated heterocycles. The summed E-state index contributed by atoms with van der Waals surface area (Å²) < 4.78 is 5.47. The standard InChI is InChI=1S/C11H13NO3/c1-7-9(3-2-6-12-7)15-10(11(13)14)8-4-5-8/h2-3,6,8,10H,4-5H2,1H3,(H,13,14). The molecule has 0 spiro atoms. The van der Waals surface area contributed by atoms with Gasteiger partial charge < -0.3 is 9.84 Å². The van der Waals surface area contributed by atoms with Crippen molar-refractivity contribution in [3.05, 3.63) is 24.0 Å². The molecule has 1 N–H and O–H groups in total. The molecule has 1 aliphatic rings. The van der Waals surface area contributed by atoms with E-state index in [0.717, 1.165) is 18.5 Å². The minimum Gasteiger partial charge on any atom is -0.478 e. The topological polar surface area (TPSA) is 59.4 Å². The average Bonchev–Trinajstić information content (AvgIpc) is 2.99. The maximum atomic E-state index is 11.0. The van der Waals surface area contributed by atoms with Gasteiger partial charge in [-0.2, -0.15) is 0 Å². The lowest BCUT2D eigenvalue weighted by molar-refractivity contribution is -0.146. The van der Waals surface area contributed by atoms with E-state index in [0.29, 0.717) is 5.75 Å². The Hall–Kier alpha value is -1.58. The Morgan fingerprint density at radius 1 is 1.67 bits per heavy atom. The van der Waals surface area contributed by atoms with E-state index in [9.17, 15) is 4.79 Å². The summed E-state index contributed by atoms with van der Waals surface area (Å²) in [6.45, 7) is 1.81. The van der Waals surface area contributed by atoms with Crippen LogP contribution in [0.4, 0.5) is 0 Å². The number of hydrogen-bond acceptors (Lipinski definition) is 3. The van der Waals surface area contributed by atoms with Crippen LogP contribution >= 0.6 is 0 Å². The molecular formula is C11H13NO3. The number of carbonyl (C=O) groups is 1. The van der Waals surface area contributed by atoms with Crippen LogP contribution in [0.5, 0.6) is 5.75 Å². The third-order valence-electron chi connectivity index (χ3n) is 2.51. The molecule has 4 nitrogen and oxygen atoms in total. The van der Waals surface area contributed by atoms with Crippen LogP contribution < -0.4 is 4.74 Å². The molecular weight excluding hydrogens is 194 g/mol. The van der Waals surface area contributed by atoms with Gasteiger partial charge in [-0.1, -0.05) is 0 Å². The Kier molecular flexibility index (Phi) is 2.58. The second-order valence-corrected chi connectivity index (χ2v) is 3.80. The van der Waals surface area contributed by atoms with Gasteiger partial charge in [-0.3, -0.25) is 4.98 Å². The molecule has 0 aliphatic heterocycles. The van der Waals surface area contributed by atoms with Crippen molar-refractivity contribution in [1.29, 1.82) is 0 Å². The molecule has 0 amide bonds. The Labute approximate surface area is 87.9 Å². The van der Waals surface area contributed by atoms with Gasteiger partial charge in [0.1, 0.15) is 5.75 Å². The first-order valence-electron chi connectivity index (χ1n) is 4.99. The van der Waals surface area contributed by atoms with Crippen molar-refractivity contribution in [3.8, 4) is 5.75 Å². The van der Waals surface area contributed by atoms with E-state index in [1.54, 1.807) is 25.3 Å². The number of carboxylic acids is 1. The van der Waals surface area contributed by atoms with Gasteiger partial charge in [0.2, 0.25) is 0 Å². The van der Waals surface area contributed by atoms with Crippen molar-refractivity contribution < 1.29 is 14.6 Å². The van der Waals surface area contributed by atoms with Gasteiger partial charge in [0.25, 0.3) is 0 Å². The van der Waals surface area contributed by atoms with Crippen LogP contribution in [-0.4, -0.2) is 22.2 Å². The zero-order chi connectivity index (χ0) is 10.8. The molecule has 1 saturated carbocycles. The summed E-state index contributed by atoms with van der Waals surface area (Å²) in [7, 11) is 0. The highest BCUT2D eigenvalue weighted by Gasteiger charge is 2.38. The van der Waals surface area contributed by atoms with Crippen LogP contribution in [0.15, 0.2) is 18.3 Å². The van der Waals surface area contributed by atoms with Crippen molar-refractivity contribution in [2.75, 3.05) is 0 Å². The molecule has 1 aliphatic carbocycles. The smallest absolute Gasteiger partial charge is 0.345 e. The number of aromatic nitrogens is 1. The second kappa shape index (κ2) is 3.88. The van der Waals surface area contributed by atoms with Crippen molar-refractivity contribution in [1.82, 2.24) is 4.98 Å². The van der Waals surface area contributed by atoms with E-state index < -0.39 is 12.1 Å². The minimum absolute atomic E-state index is 0.169. The summed E-state index contributed by atoms with van der Waals surface area (Å²) in [6.07, 6.45) is 2.83. The summed E-state index contributed by atoms with van der Waals surface area (Å²) in [5.41, 5.74) is 0.726. The van der Waals surface area contributed by atoms with Gasteiger partial charge in [-0.05, 0) is 31.9 Å². The lowest BCUT2D eigenvalue weighted by Crippen LogP contribution is -2.29. The van der Waals surface area contributed by atoms with Gasteiger partial charge in [0.05, 0.1) is 5.69 Å². The van der Waals surface area contributed by atoms with Gasteiger partial charge in [-0.25, -0.2) is 4.79 Å². The summed E-state index contributed by atoms with van der Waals surface area (Å²) in [5.74, 6) is -0.153. The van der Waals surface area contributed by atoms with Crippen LogP contribution in [0.2, 0.25) is 0 Å². The van der Waals surface area contributed by atoms with Crippen molar-refractivity contribution in [2.45, 2.75) is 25.9 Å². The molecule has 15 heavy (non-hydrogen) atoms. The molecule has 1 atom stereocenters. The van der Waals surface area contributed by atoms with Crippen LogP contribution in [0.25, 0.3) is 0 Å². The van der Waals surface area contributed by atoms with Crippen molar-refractivity contribution >= 4 is 5.97 Å². The Balaban J connectivity index is 2.12. The molecule has 1 aromatic rings. The first-order chi connectivity index (χ1) is 7.18. The number of aliphatic carboxylic acids is 1. The monoisotopic (exact) mass is 207 g/mol. The molecule has 1 fully saturated rings. The third kappa shape index (κ3) is 2.26. The van der Waals surface area contributed by atoms with Crippen LogP contribution in [0.3, 0.4) is 0 Å². The third-order valence-corrected chi connectivity index (χ3v) is 2.51. The summed E-state index contributed by atoms with van der Waals surface area (Å²) in [4.78, 5) is 15.0. The van der Waals surface area contributed by atoms with Crippen LogP contribution in [0.1, 0.15) is 18.5 Å². The zero-order valence-corrected chi connectivity index (χ0v) is 8.51. The summed E-state index contributed by atoms with van der Waals surface area (Å²) >= 11 is 0. The Morgan fingerprint density at radius 3 is 2.93 bits per heavy atom. The highest BCUT2D eigenvalue weighted by atomic mass is 16.5. The van der Waals surface area contributed by atoms with Crippen LogP contribution in [-0.2, 0) is 4.79 Å². The highest BCUT2D eigenvalue weighted by molar-refractivity contribution is 5.73. The second-order valence-electron chi connectivity index (χ2n) is 3.80. The predicted octanol–water partition coefficient (Wildman–Crippen LogP) is 1.63. The number of pyridine rings is 1. The predicted molar refractivity (Wildman–Crippen MR) is 53.7 cm³/mol. The number of rotatable bonds is 4. The molecule has 1 heterocycles. The van der Waals surface area contributed by atoms with Gasteiger partial charge in [0.15, 0.2) is 6.10 Å². The van der Waals surface area contributed by atoms with E-state index in [1.807, 2.05) is 0 Å². The molecule has 4 heteroatoms. The molecule has 2 rings (SSSR count). The Morgan fingerprint density at radius 2 is 2.40 bits per heavy atom. The van der Waals surface area contributed by atoms with E-state index in [2.05, 4.69) is 4.98 Å². The molecule has 1 unspecified atom stereocenters. The van der Waals surface area contributed by atoms with E-state index in [4.69, 9.17) is 9.84 Å². The first-order valence-corrected chi connectivity index (χ1v) is 4.99.